The van der Waals surface area contributed by atoms with Crippen LogP contribution < -0.4 is 5.32 Å². The summed E-state index contributed by atoms with van der Waals surface area (Å²) in [7, 11) is 0. The van der Waals surface area contributed by atoms with Gasteiger partial charge in [0.25, 0.3) is 0 Å². The predicted molar refractivity (Wildman–Crippen MR) is 84.6 cm³/mol. The lowest BCUT2D eigenvalue weighted by Gasteiger charge is -2.29. The van der Waals surface area contributed by atoms with Crippen LogP contribution >= 0.6 is 0 Å². The molecule has 1 heterocycles. The van der Waals surface area contributed by atoms with E-state index in [9.17, 15) is 0 Å². The normalized spacial score (nSPS) is 21.2. The van der Waals surface area contributed by atoms with Gasteiger partial charge in [-0.05, 0) is 42.9 Å². The van der Waals surface area contributed by atoms with Gasteiger partial charge in [0.05, 0.1) is 0 Å². The molecule has 2 nitrogen and oxygen atoms in total. The van der Waals surface area contributed by atoms with Gasteiger partial charge in [-0.1, -0.05) is 44.0 Å². The molecule has 1 aliphatic carbocycles. The lowest BCUT2D eigenvalue weighted by atomic mass is 9.97. The van der Waals surface area contributed by atoms with Crippen LogP contribution in [0.2, 0.25) is 0 Å². The first-order chi connectivity index (χ1) is 9.86. The zero-order chi connectivity index (χ0) is 13.8. The molecule has 0 radical (unpaired) electrons. The third-order valence-electron chi connectivity index (χ3n) is 4.99. The minimum atomic E-state index is 0.701. The molecule has 110 valence electrons. The minimum absolute atomic E-state index is 0.701. The van der Waals surface area contributed by atoms with Gasteiger partial charge in [-0.25, -0.2) is 0 Å². The molecule has 2 heteroatoms. The molecule has 0 saturated heterocycles. The minimum Gasteiger partial charge on any atom is -0.312 e. The van der Waals surface area contributed by atoms with Gasteiger partial charge < -0.3 is 5.32 Å². The molecule has 1 aliphatic heterocycles. The second kappa shape index (κ2) is 6.73. The highest BCUT2D eigenvalue weighted by Crippen LogP contribution is 2.30. The molecule has 1 fully saturated rings. The molecule has 0 amide bonds. The molecule has 2 aliphatic rings. The molecule has 1 unspecified atom stereocenters. The van der Waals surface area contributed by atoms with Crippen LogP contribution in [0, 0.1) is 5.92 Å². The monoisotopic (exact) mass is 272 g/mol. The van der Waals surface area contributed by atoms with Crippen LogP contribution in [-0.2, 0) is 13.1 Å². The maximum absolute atomic E-state index is 3.82. The fourth-order valence-corrected chi connectivity index (χ4v) is 3.88. The zero-order valence-electron chi connectivity index (χ0n) is 12.8. The number of nitrogens with zero attached hydrogens (tertiary/aromatic N) is 1. The molecule has 1 atom stereocenters. The van der Waals surface area contributed by atoms with Crippen molar-refractivity contribution in [1.29, 1.82) is 0 Å². The Morgan fingerprint density at radius 1 is 1.15 bits per heavy atom. The van der Waals surface area contributed by atoms with Gasteiger partial charge in [-0.2, -0.15) is 0 Å². The smallest absolute Gasteiger partial charge is 0.0241 e. The summed E-state index contributed by atoms with van der Waals surface area (Å²) in [5.41, 5.74) is 3.07. The molecule has 1 N–H and O–H groups in total. The van der Waals surface area contributed by atoms with Crippen molar-refractivity contribution in [2.24, 2.45) is 5.92 Å². The van der Waals surface area contributed by atoms with Crippen molar-refractivity contribution in [3.63, 3.8) is 0 Å². The average molecular weight is 272 g/mol. The highest BCUT2D eigenvalue weighted by Gasteiger charge is 2.28. The van der Waals surface area contributed by atoms with Crippen LogP contribution in [0.4, 0.5) is 0 Å². The maximum atomic E-state index is 3.82. The van der Waals surface area contributed by atoms with Gasteiger partial charge in [0.1, 0.15) is 0 Å². The number of hydrogen-bond acceptors (Lipinski definition) is 2. The van der Waals surface area contributed by atoms with Crippen molar-refractivity contribution in [3.8, 4) is 0 Å². The average Bonchev–Trinajstić information content (AvgIpc) is 3.11. The van der Waals surface area contributed by atoms with Crippen LogP contribution in [0.25, 0.3) is 0 Å². The number of hydrogen-bond donors (Lipinski definition) is 1. The van der Waals surface area contributed by atoms with E-state index in [2.05, 4.69) is 41.4 Å². The Labute approximate surface area is 123 Å². The fraction of sp³-hybridized carbons (Fsp3) is 0.667. The van der Waals surface area contributed by atoms with E-state index < -0.39 is 0 Å². The summed E-state index contributed by atoms with van der Waals surface area (Å²) in [6.07, 6.45) is 6.98. The van der Waals surface area contributed by atoms with Gasteiger partial charge in [0.2, 0.25) is 0 Å². The first-order valence-electron chi connectivity index (χ1n) is 8.39. The molecule has 0 aromatic heterocycles. The van der Waals surface area contributed by atoms with Crippen molar-refractivity contribution in [3.05, 3.63) is 35.4 Å². The Balaban J connectivity index is 1.59. The van der Waals surface area contributed by atoms with E-state index in [1.165, 1.54) is 56.3 Å². The van der Waals surface area contributed by atoms with E-state index in [0.717, 1.165) is 19.0 Å². The summed E-state index contributed by atoms with van der Waals surface area (Å²) >= 11 is 0. The van der Waals surface area contributed by atoms with Crippen molar-refractivity contribution in [1.82, 2.24) is 10.2 Å². The van der Waals surface area contributed by atoms with Crippen molar-refractivity contribution < 1.29 is 0 Å². The van der Waals surface area contributed by atoms with Gasteiger partial charge in [0.15, 0.2) is 0 Å². The fourth-order valence-electron chi connectivity index (χ4n) is 3.88. The third-order valence-corrected chi connectivity index (χ3v) is 4.99. The first kappa shape index (κ1) is 14.1. The number of rotatable bonds is 6. The molecule has 20 heavy (non-hydrogen) atoms. The quantitative estimate of drug-likeness (QED) is 0.852. The second-order valence-electron chi connectivity index (χ2n) is 6.54. The molecule has 1 aromatic rings. The molecule has 0 bridgehead atoms. The van der Waals surface area contributed by atoms with E-state index in [-0.39, 0.29) is 0 Å². The van der Waals surface area contributed by atoms with Gasteiger partial charge in [-0.3, -0.25) is 4.90 Å². The molecule has 3 rings (SSSR count). The lowest BCUT2D eigenvalue weighted by Crippen LogP contribution is -2.44. The predicted octanol–water partition coefficient (Wildman–Crippen LogP) is 3.56. The Kier molecular flexibility index (Phi) is 4.74. The van der Waals surface area contributed by atoms with Crippen molar-refractivity contribution >= 4 is 0 Å². The second-order valence-corrected chi connectivity index (χ2v) is 6.54. The van der Waals surface area contributed by atoms with Crippen LogP contribution in [0.3, 0.4) is 0 Å². The molecular weight excluding hydrogens is 244 g/mol. The van der Waals surface area contributed by atoms with E-state index in [1.54, 1.807) is 0 Å². The Bertz CT molecular complexity index is 398. The van der Waals surface area contributed by atoms with Crippen LogP contribution in [0.15, 0.2) is 24.3 Å². The number of fused-ring (bicyclic) bond motifs is 1. The summed E-state index contributed by atoms with van der Waals surface area (Å²) in [5.74, 6) is 0.908. The maximum Gasteiger partial charge on any atom is 0.0241 e. The SMILES string of the molecule is CCCNC(CN1Cc2ccccc2C1)C1CCCC1. The van der Waals surface area contributed by atoms with Crippen LogP contribution in [-0.4, -0.2) is 24.0 Å². The van der Waals surface area contributed by atoms with Gasteiger partial charge in [0, 0.05) is 25.7 Å². The molecule has 1 saturated carbocycles. The number of benzene rings is 1. The van der Waals surface area contributed by atoms with Gasteiger partial charge >= 0.3 is 0 Å². The van der Waals surface area contributed by atoms with Crippen molar-refractivity contribution in [2.45, 2.75) is 58.2 Å². The Morgan fingerprint density at radius 2 is 1.80 bits per heavy atom. The van der Waals surface area contributed by atoms with E-state index in [4.69, 9.17) is 0 Å². The Hall–Kier alpha value is -0.860. The zero-order valence-corrected chi connectivity index (χ0v) is 12.8. The molecule has 0 spiro atoms. The topological polar surface area (TPSA) is 15.3 Å². The van der Waals surface area contributed by atoms with Crippen LogP contribution in [0.5, 0.6) is 0 Å². The summed E-state index contributed by atoms with van der Waals surface area (Å²) in [5, 5.41) is 3.82. The highest BCUT2D eigenvalue weighted by molar-refractivity contribution is 5.30. The number of nitrogens with one attached hydrogen (secondary N) is 1. The van der Waals surface area contributed by atoms with Gasteiger partial charge in [-0.15, -0.1) is 0 Å². The summed E-state index contributed by atoms with van der Waals surface area (Å²) in [6, 6.07) is 9.63. The van der Waals surface area contributed by atoms with Crippen LogP contribution in [0.1, 0.15) is 50.2 Å². The van der Waals surface area contributed by atoms with Crippen molar-refractivity contribution in [2.75, 3.05) is 13.1 Å². The Morgan fingerprint density at radius 3 is 2.40 bits per heavy atom. The largest absolute Gasteiger partial charge is 0.312 e. The van der Waals surface area contributed by atoms with E-state index >= 15 is 0 Å². The summed E-state index contributed by atoms with van der Waals surface area (Å²) in [6.45, 7) is 6.95. The molecular formula is C18H28N2. The standard InChI is InChI=1S/C18H28N2/c1-2-11-19-18(15-7-3-4-8-15)14-20-12-16-9-5-6-10-17(16)13-20/h5-6,9-10,15,18-19H,2-4,7-8,11-14H2,1H3. The highest BCUT2D eigenvalue weighted by atomic mass is 15.2. The summed E-state index contributed by atoms with van der Waals surface area (Å²) in [4.78, 5) is 2.64. The third kappa shape index (κ3) is 3.24. The first-order valence-corrected chi connectivity index (χ1v) is 8.39. The molecule has 1 aromatic carbocycles. The van der Waals surface area contributed by atoms with E-state index in [0.29, 0.717) is 6.04 Å². The summed E-state index contributed by atoms with van der Waals surface area (Å²) < 4.78 is 0. The van der Waals surface area contributed by atoms with E-state index in [1.807, 2.05) is 0 Å². The lowest BCUT2D eigenvalue weighted by molar-refractivity contribution is 0.211.